The van der Waals surface area contributed by atoms with E-state index in [0.29, 0.717) is 125 Å². The van der Waals surface area contributed by atoms with Crippen molar-refractivity contribution in [3.63, 3.8) is 0 Å². The lowest BCUT2D eigenvalue weighted by Crippen LogP contribution is -2.55. The molecule has 0 saturated carbocycles. The predicted molar refractivity (Wildman–Crippen MR) is 360 cm³/mol. The first kappa shape index (κ1) is 66.1. The molecule has 6 aliphatic rings. The molecule has 6 aliphatic heterocycles. The lowest BCUT2D eigenvalue weighted by molar-refractivity contribution is -0.139. The van der Waals surface area contributed by atoms with E-state index in [9.17, 15) is 38.3 Å². The van der Waals surface area contributed by atoms with Gasteiger partial charge in [0.05, 0.1) is 47.6 Å². The Labute approximate surface area is 555 Å². The first-order chi connectivity index (χ1) is 45.3. The molecule has 498 valence electrons. The number of aromatic nitrogens is 5. The largest absolute Gasteiger partial charge is 0.508 e. The Bertz CT molecular complexity index is 3930. The van der Waals surface area contributed by atoms with Crippen LogP contribution in [0.1, 0.15) is 78.5 Å². The number of aromatic hydroxyl groups is 2. The topological polar surface area (TPSA) is 257 Å². The van der Waals surface area contributed by atoms with Crippen LogP contribution in [0, 0.1) is 17.2 Å². The summed E-state index contributed by atoms with van der Waals surface area (Å²) >= 11 is 6.85. The zero-order chi connectivity index (χ0) is 65.9. The van der Waals surface area contributed by atoms with E-state index in [1.54, 1.807) is 15.5 Å². The number of carbonyl (C=O) groups excluding carboxylic acids is 3. The SMILES string of the molecule is C=CC(=O)N1CCN(c2nc(OC[C@@H]3C[C@H](N4CCC(C(=O)N5CCN(Cc6ccc(-n7c(C(=O)NCCN8CCN(S(C)(=O)=O)CC8)nnc7-c7cc(C(C)C)c(O)cc7O)cc6)CC5)CC4)CN3C)nc3c2CCN(c2cccc4cccc(Cl)c24)C3)C[C@@H]1CC#N. The van der Waals surface area contributed by atoms with Crippen LogP contribution in [0.15, 0.2) is 85.5 Å². The number of piperazine rings is 3. The molecule has 94 heavy (non-hydrogen) atoms. The number of fused-ring (bicyclic) bond motifs is 2. The molecule has 5 fully saturated rings. The maximum absolute atomic E-state index is 14.2. The van der Waals surface area contributed by atoms with Gasteiger partial charge < -0.3 is 39.9 Å². The van der Waals surface area contributed by atoms with Gasteiger partial charge in [0.1, 0.15) is 23.9 Å². The van der Waals surface area contributed by atoms with E-state index >= 15 is 0 Å². The molecule has 26 heteroatoms. The van der Waals surface area contributed by atoms with Gasteiger partial charge in [-0.05, 0) is 105 Å². The van der Waals surface area contributed by atoms with E-state index < -0.39 is 15.9 Å². The minimum Gasteiger partial charge on any atom is -0.508 e. The van der Waals surface area contributed by atoms with Crippen molar-refractivity contribution in [1.29, 1.82) is 5.26 Å². The summed E-state index contributed by atoms with van der Waals surface area (Å²) in [6.45, 7) is 19.3. The average molecular weight is 1320 g/mol. The van der Waals surface area contributed by atoms with E-state index in [1.807, 2.05) is 55.1 Å². The van der Waals surface area contributed by atoms with Gasteiger partial charge in [0, 0.05) is 151 Å². The van der Waals surface area contributed by atoms with Gasteiger partial charge in [-0.25, -0.2) is 8.42 Å². The molecule has 0 spiro atoms. The number of likely N-dealkylation sites (tertiary alicyclic amines) is 2. The highest BCUT2D eigenvalue weighted by Crippen LogP contribution is 2.40. The molecule has 5 saturated heterocycles. The Morgan fingerprint density at radius 2 is 1.59 bits per heavy atom. The summed E-state index contributed by atoms with van der Waals surface area (Å²) in [6.07, 6.45) is 5.93. The number of phenols is 2. The minimum absolute atomic E-state index is 0.0163. The van der Waals surface area contributed by atoms with Crippen LogP contribution in [0.4, 0.5) is 11.5 Å². The lowest BCUT2D eigenvalue weighted by Gasteiger charge is -2.42. The van der Waals surface area contributed by atoms with E-state index in [4.69, 9.17) is 26.3 Å². The number of anilines is 2. The number of hydrogen-bond donors (Lipinski definition) is 3. The Morgan fingerprint density at radius 3 is 2.30 bits per heavy atom. The quantitative estimate of drug-likeness (QED) is 0.0839. The number of hydrogen-bond acceptors (Lipinski definition) is 19. The molecule has 24 nitrogen and oxygen atoms in total. The first-order valence-electron chi connectivity index (χ1n) is 32.8. The highest BCUT2D eigenvalue weighted by atomic mass is 35.5. The highest BCUT2D eigenvalue weighted by molar-refractivity contribution is 7.88. The van der Waals surface area contributed by atoms with Gasteiger partial charge in [-0.2, -0.15) is 19.5 Å². The fourth-order valence-electron chi connectivity index (χ4n) is 14.6. The number of piperidine rings is 1. The number of phenolic OH excluding ortho intramolecular Hbond substituents is 2. The molecule has 8 heterocycles. The van der Waals surface area contributed by atoms with Gasteiger partial charge in [-0.1, -0.05) is 68.4 Å². The number of ether oxygens (including phenoxy) is 1. The number of nitriles is 1. The van der Waals surface area contributed by atoms with Gasteiger partial charge in [0.15, 0.2) is 5.82 Å². The summed E-state index contributed by atoms with van der Waals surface area (Å²) in [5.74, 6) is 0.254. The molecule has 4 aromatic carbocycles. The van der Waals surface area contributed by atoms with Gasteiger partial charge >= 0.3 is 6.01 Å². The van der Waals surface area contributed by atoms with Crippen molar-refractivity contribution in [2.24, 2.45) is 5.92 Å². The summed E-state index contributed by atoms with van der Waals surface area (Å²) in [7, 11) is -1.13. The van der Waals surface area contributed by atoms with Crippen LogP contribution in [0.2, 0.25) is 5.02 Å². The van der Waals surface area contributed by atoms with Crippen LogP contribution in [-0.4, -0.2) is 244 Å². The van der Waals surface area contributed by atoms with Crippen molar-refractivity contribution in [2.45, 2.75) is 83.1 Å². The molecule has 12 rings (SSSR count). The fraction of sp³-hybridized carbons (Fsp3) is 0.500. The van der Waals surface area contributed by atoms with Crippen LogP contribution >= 0.6 is 11.6 Å². The second kappa shape index (κ2) is 28.6. The average Bonchev–Trinajstić information content (AvgIpc) is 1.42. The van der Waals surface area contributed by atoms with E-state index in [2.05, 4.69) is 88.9 Å². The Kier molecular flexibility index (Phi) is 20.1. The monoisotopic (exact) mass is 1320 g/mol. The summed E-state index contributed by atoms with van der Waals surface area (Å²) in [6, 6.07) is 25.7. The number of nitrogens with zero attached hydrogens (tertiary/aromatic N) is 15. The zero-order valence-corrected chi connectivity index (χ0v) is 55.7. The number of rotatable bonds is 19. The summed E-state index contributed by atoms with van der Waals surface area (Å²) in [4.78, 5) is 68.9. The molecule has 3 atom stereocenters. The Balaban J connectivity index is 0.644. The smallest absolute Gasteiger partial charge is 0.318 e. The number of sulfonamides is 1. The van der Waals surface area contributed by atoms with Crippen LogP contribution in [-0.2, 0) is 39.1 Å². The molecule has 2 aromatic heterocycles. The second-order valence-corrected chi connectivity index (χ2v) is 28.5. The van der Waals surface area contributed by atoms with Crippen molar-refractivity contribution in [2.75, 3.05) is 141 Å². The van der Waals surface area contributed by atoms with E-state index in [0.717, 1.165) is 97.6 Å². The highest BCUT2D eigenvalue weighted by Gasteiger charge is 2.39. The summed E-state index contributed by atoms with van der Waals surface area (Å²) in [5, 5.41) is 46.2. The molecule has 0 bridgehead atoms. The van der Waals surface area contributed by atoms with Crippen molar-refractivity contribution in [3.8, 4) is 40.7 Å². The van der Waals surface area contributed by atoms with Gasteiger partial charge in [0.2, 0.25) is 27.7 Å². The number of carbonyl (C=O) groups is 3. The number of benzene rings is 4. The normalized spacial score (nSPS) is 20.8. The van der Waals surface area contributed by atoms with Gasteiger partial charge in [0.25, 0.3) is 5.91 Å². The Hall–Kier alpha value is -7.96. The molecule has 0 radical (unpaired) electrons. The molecule has 3 amide bonds. The maximum Gasteiger partial charge on any atom is 0.318 e. The van der Waals surface area contributed by atoms with E-state index in [-0.39, 0.29) is 71.8 Å². The van der Waals surface area contributed by atoms with E-state index in [1.165, 1.54) is 22.7 Å². The summed E-state index contributed by atoms with van der Waals surface area (Å²) < 4.78 is 33.8. The third-order valence-corrected chi connectivity index (χ3v) is 21.5. The van der Waals surface area contributed by atoms with Crippen molar-refractivity contribution in [1.82, 2.24) is 63.8 Å². The molecule has 3 N–H and O–H groups in total. The van der Waals surface area contributed by atoms with Crippen LogP contribution < -0.4 is 19.9 Å². The standard InChI is InChI=1S/C68H85ClN16O8S/c1-6-61(88)84-36-33-82(42-50(84)17-21-70)63-53-20-25-81(58-12-8-10-47-9-7-11-56(69)62(47)58)43-57(53)72-68(73-63)93-44-52-37-51(41-76(52)4)79-23-18-48(19-24-79)67(90)80-31-27-78(28-32-80)40-46-13-15-49(16-14-46)85-64(55-38-54(45(2)3)59(86)39-60(55)87)74-75-65(85)66(89)71-22-26-77-29-34-83(35-30-77)94(5,91)92/h6-16,38-39,45,48,50-52,86-87H,1,17-20,22-37,40-44H2,2-5H3,(H,71,89)/t50-,51-,52-/m0/s1. The number of nitrogens with one attached hydrogen (secondary N) is 1. The molecular weight excluding hydrogens is 1240 g/mol. The number of likely N-dealkylation sites (N-methyl/N-ethyl adjacent to an activating group) is 1. The number of halogens is 1. The predicted octanol–water partition coefficient (Wildman–Crippen LogP) is 5.56. The van der Waals surface area contributed by atoms with Crippen LogP contribution in [0.25, 0.3) is 27.8 Å². The zero-order valence-electron chi connectivity index (χ0n) is 54.1. The molecule has 6 aromatic rings. The molecule has 0 aliphatic carbocycles. The Morgan fingerprint density at radius 1 is 0.851 bits per heavy atom. The van der Waals surface area contributed by atoms with Gasteiger partial charge in [-0.15, -0.1) is 10.2 Å². The van der Waals surface area contributed by atoms with Crippen molar-refractivity contribution < 1.29 is 37.8 Å². The van der Waals surface area contributed by atoms with Crippen molar-refractivity contribution in [3.05, 3.63) is 119 Å². The van der Waals surface area contributed by atoms with Crippen LogP contribution in [0.3, 0.4) is 0 Å². The lowest BCUT2D eigenvalue weighted by atomic mass is 9.93. The summed E-state index contributed by atoms with van der Waals surface area (Å²) in [5.41, 5.74) is 5.52. The van der Waals surface area contributed by atoms with Gasteiger partial charge in [-0.3, -0.25) is 38.6 Å². The third kappa shape index (κ3) is 14.3. The van der Waals surface area contributed by atoms with Crippen molar-refractivity contribution >= 4 is 61.6 Å². The minimum atomic E-state index is -3.27. The first-order valence-corrected chi connectivity index (χ1v) is 35.1. The molecule has 0 unspecified atom stereocenters. The third-order valence-electron chi connectivity index (χ3n) is 19.9. The fourth-order valence-corrected chi connectivity index (χ4v) is 15.7. The molecular formula is C68H85ClN16O8S. The van der Waals surface area contributed by atoms with Crippen LogP contribution in [0.5, 0.6) is 17.5 Å². The maximum atomic E-state index is 14.2. The second-order valence-electron chi connectivity index (χ2n) is 26.1. The number of amides is 3.